The molecule has 9 nitrogen and oxygen atoms in total. The topological polar surface area (TPSA) is 109 Å². The van der Waals surface area contributed by atoms with E-state index in [0.717, 1.165) is 22.5 Å². The first kappa shape index (κ1) is 27.2. The number of nitrogens with zero attached hydrogens (tertiary/aromatic N) is 2. The molecule has 11 heteroatoms. The van der Waals surface area contributed by atoms with Gasteiger partial charge in [0.1, 0.15) is 15.6 Å². The summed E-state index contributed by atoms with van der Waals surface area (Å²) in [5.41, 5.74) is 2.39. The molecule has 0 aliphatic rings. The molecule has 0 fully saturated rings. The molecule has 3 aromatic rings. The fourth-order valence-electron chi connectivity index (χ4n) is 3.36. The maximum atomic E-state index is 12.9. The Morgan fingerprint density at radius 2 is 1.81 bits per heavy atom. The third-order valence-electron chi connectivity index (χ3n) is 5.03. The van der Waals surface area contributed by atoms with Crippen molar-refractivity contribution in [1.82, 2.24) is 9.78 Å². The molecule has 0 spiro atoms. The van der Waals surface area contributed by atoms with Crippen LogP contribution in [0.2, 0.25) is 5.02 Å². The number of nitrogens with one attached hydrogen (secondary N) is 1. The van der Waals surface area contributed by atoms with Gasteiger partial charge in [0.25, 0.3) is 5.91 Å². The molecule has 1 N–H and O–H groups in total. The number of aromatic nitrogens is 2. The molecule has 192 valence electrons. The highest BCUT2D eigenvalue weighted by atomic mass is 35.5. The van der Waals surface area contributed by atoms with Crippen LogP contribution in [-0.4, -0.2) is 40.3 Å². The lowest BCUT2D eigenvalue weighted by Crippen LogP contribution is -2.17. The van der Waals surface area contributed by atoms with E-state index in [4.69, 9.17) is 25.8 Å². The Morgan fingerprint density at radius 1 is 1.14 bits per heavy atom. The summed E-state index contributed by atoms with van der Waals surface area (Å²) < 4.78 is 17.6. The van der Waals surface area contributed by atoms with Crippen molar-refractivity contribution in [3.8, 4) is 5.75 Å². The number of esters is 2. The Labute approximate surface area is 218 Å². The van der Waals surface area contributed by atoms with Crippen molar-refractivity contribution in [2.24, 2.45) is 0 Å². The number of carbonyl (C=O) groups is 3. The van der Waals surface area contributed by atoms with Gasteiger partial charge in [-0.2, -0.15) is 5.10 Å². The smallest absolute Gasteiger partial charge is 0.348 e. The zero-order valence-electron chi connectivity index (χ0n) is 20.9. The number of amides is 1. The van der Waals surface area contributed by atoms with Crippen LogP contribution in [-0.2, 0) is 16.2 Å². The average Bonchev–Trinajstić information content (AvgIpc) is 3.40. The van der Waals surface area contributed by atoms with Gasteiger partial charge >= 0.3 is 11.9 Å². The number of carbonyl (C=O) groups excluding carboxylic acids is 3. The fraction of sp³-hybridized carbons (Fsp3) is 0.360. The lowest BCUT2D eigenvalue weighted by atomic mass is 10.1. The molecular formula is C25H28ClN3O6S. The van der Waals surface area contributed by atoms with Gasteiger partial charge in [-0.3, -0.25) is 4.79 Å². The second-order valence-electron chi connectivity index (χ2n) is 8.27. The van der Waals surface area contributed by atoms with Gasteiger partial charge in [-0.05, 0) is 76.4 Å². The van der Waals surface area contributed by atoms with Crippen LogP contribution in [0.1, 0.15) is 68.0 Å². The Hall–Kier alpha value is -3.37. The molecule has 0 unspecified atom stereocenters. The number of hydrogen-bond donors (Lipinski definition) is 1. The lowest BCUT2D eigenvalue weighted by molar-refractivity contribution is 0.0379. The SMILES string of the molecule is CCOC(=O)c1sc(NC(=O)c2ccn(COc3cc(C)c(Cl)c(C)c3)n2)c(C(=O)OC(C)C)c1C. The van der Waals surface area contributed by atoms with Gasteiger partial charge in [0.15, 0.2) is 12.4 Å². The van der Waals surface area contributed by atoms with E-state index in [0.29, 0.717) is 16.3 Å². The quantitative estimate of drug-likeness (QED) is 0.359. The third-order valence-corrected chi connectivity index (χ3v) is 6.81. The highest BCUT2D eigenvalue weighted by molar-refractivity contribution is 7.18. The van der Waals surface area contributed by atoms with E-state index in [1.165, 1.54) is 10.7 Å². The zero-order valence-corrected chi connectivity index (χ0v) is 22.5. The predicted molar refractivity (Wildman–Crippen MR) is 137 cm³/mol. The second-order valence-corrected chi connectivity index (χ2v) is 9.67. The van der Waals surface area contributed by atoms with Crippen LogP contribution in [0.25, 0.3) is 0 Å². The molecule has 0 atom stereocenters. The van der Waals surface area contributed by atoms with Gasteiger partial charge in [-0.15, -0.1) is 11.3 Å². The van der Waals surface area contributed by atoms with E-state index in [-0.39, 0.29) is 40.6 Å². The number of halogens is 1. The molecule has 1 aromatic carbocycles. The third kappa shape index (κ3) is 6.24. The van der Waals surface area contributed by atoms with Gasteiger partial charge in [0.2, 0.25) is 0 Å². The van der Waals surface area contributed by atoms with E-state index in [9.17, 15) is 14.4 Å². The first-order chi connectivity index (χ1) is 17.0. The molecule has 2 aromatic heterocycles. The molecule has 0 aliphatic heterocycles. The van der Waals surface area contributed by atoms with E-state index < -0.39 is 17.8 Å². The second kappa shape index (κ2) is 11.6. The van der Waals surface area contributed by atoms with Crippen LogP contribution < -0.4 is 10.1 Å². The minimum atomic E-state index is -0.642. The minimum Gasteiger partial charge on any atom is -0.471 e. The van der Waals surface area contributed by atoms with Gasteiger partial charge in [-0.1, -0.05) is 11.6 Å². The largest absolute Gasteiger partial charge is 0.471 e. The maximum Gasteiger partial charge on any atom is 0.348 e. The number of thiophene rings is 1. The maximum absolute atomic E-state index is 12.9. The van der Waals surface area contributed by atoms with Crippen LogP contribution in [0.3, 0.4) is 0 Å². The number of ether oxygens (including phenoxy) is 3. The van der Waals surface area contributed by atoms with Crippen molar-refractivity contribution >= 4 is 45.8 Å². The summed E-state index contributed by atoms with van der Waals surface area (Å²) in [6.45, 7) is 10.8. The minimum absolute atomic E-state index is 0.0743. The standard InChI is InChI=1S/C25H28ClN3O6S/c1-7-33-25(32)21-16(6)19(24(31)35-13(2)3)23(36-21)27-22(30)18-8-9-29(28-18)12-34-17-10-14(4)20(26)15(5)11-17/h8-11,13H,7,12H2,1-6H3,(H,27,30). The normalized spacial score (nSPS) is 10.9. The monoisotopic (exact) mass is 533 g/mol. The Morgan fingerprint density at radius 3 is 2.42 bits per heavy atom. The molecule has 0 bridgehead atoms. The molecule has 2 heterocycles. The van der Waals surface area contributed by atoms with Crippen LogP contribution in [0.15, 0.2) is 24.4 Å². The van der Waals surface area contributed by atoms with E-state index >= 15 is 0 Å². The van der Waals surface area contributed by atoms with Crippen molar-refractivity contribution in [2.45, 2.75) is 54.4 Å². The Bertz CT molecular complexity index is 1270. The van der Waals surface area contributed by atoms with Crippen LogP contribution in [0.4, 0.5) is 5.00 Å². The molecule has 0 radical (unpaired) electrons. The van der Waals surface area contributed by atoms with Crippen molar-refractivity contribution in [3.05, 3.63) is 62.2 Å². The predicted octanol–water partition coefficient (Wildman–Crippen LogP) is 5.55. The molecule has 0 saturated carbocycles. The summed E-state index contributed by atoms with van der Waals surface area (Å²) in [5.74, 6) is -1.14. The van der Waals surface area contributed by atoms with Crippen molar-refractivity contribution < 1.29 is 28.6 Å². The van der Waals surface area contributed by atoms with Crippen molar-refractivity contribution in [3.63, 3.8) is 0 Å². The van der Waals surface area contributed by atoms with Crippen molar-refractivity contribution in [2.75, 3.05) is 11.9 Å². The number of hydrogen-bond acceptors (Lipinski definition) is 8. The first-order valence-electron chi connectivity index (χ1n) is 11.3. The van der Waals surface area contributed by atoms with Gasteiger partial charge in [-0.25, -0.2) is 14.3 Å². The highest BCUT2D eigenvalue weighted by Gasteiger charge is 2.28. The zero-order chi connectivity index (χ0) is 26.6. The first-order valence-corrected chi connectivity index (χ1v) is 12.5. The molecule has 0 aliphatic carbocycles. The summed E-state index contributed by atoms with van der Waals surface area (Å²) in [6, 6.07) is 5.17. The van der Waals surface area contributed by atoms with Crippen molar-refractivity contribution in [1.29, 1.82) is 0 Å². The van der Waals surface area contributed by atoms with Crippen LogP contribution in [0.5, 0.6) is 5.75 Å². The summed E-state index contributed by atoms with van der Waals surface area (Å²) in [5, 5.41) is 7.81. The Kier molecular flexibility index (Phi) is 8.75. The van der Waals surface area contributed by atoms with Gasteiger partial charge in [0, 0.05) is 11.2 Å². The fourth-order valence-corrected chi connectivity index (χ4v) is 4.56. The van der Waals surface area contributed by atoms with Gasteiger partial charge < -0.3 is 19.5 Å². The summed E-state index contributed by atoms with van der Waals surface area (Å²) in [7, 11) is 0. The number of aryl methyl sites for hydroxylation is 2. The average molecular weight is 534 g/mol. The molecule has 1 amide bonds. The summed E-state index contributed by atoms with van der Waals surface area (Å²) in [4.78, 5) is 38.3. The molecule has 36 heavy (non-hydrogen) atoms. The number of rotatable bonds is 9. The van der Waals surface area contributed by atoms with E-state index in [1.54, 1.807) is 33.9 Å². The van der Waals surface area contributed by atoms with Gasteiger partial charge in [0.05, 0.1) is 18.3 Å². The number of anilines is 1. The lowest BCUT2D eigenvalue weighted by Gasteiger charge is -2.10. The Balaban J connectivity index is 1.78. The van der Waals surface area contributed by atoms with E-state index in [2.05, 4.69) is 10.4 Å². The van der Waals surface area contributed by atoms with E-state index in [1.807, 2.05) is 26.0 Å². The van der Waals surface area contributed by atoms with Crippen LogP contribution in [0, 0.1) is 20.8 Å². The number of benzene rings is 1. The molecule has 0 saturated heterocycles. The van der Waals surface area contributed by atoms with Crippen LogP contribution >= 0.6 is 22.9 Å². The molecule has 3 rings (SSSR count). The summed E-state index contributed by atoms with van der Waals surface area (Å²) >= 11 is 7.15. The molecular weight excluding hydrogens is 506 g/mol. The summed E-state index contributed by atoms with van der Waals surface area (Å²) in [6.07, 6.45) is 1.22. The highest BCUT2D eigenvalue weighted by Crippen LogP contribution is 2.35.